The van der Waals surface area contributed by atoms with Crippen LogP contribution in [-0.2, 0) is 0 Å². The minimum absolute atomic E-state index is 0.283. The van der Waals surface area contributed by atoms with Gasteiger partial charge < -0.3 is 14.5 Å². The van der Waals surface area contributed by atoms with Crippen LogP contribution in [0.4, 0.5) is 5.69 Å². The first kappa shape index (κ1) is 16.8. The molecule has 136 valence electrons. The summed E-state index contributed by atoms with van der Waals surface area (Å²) in [7, 11) is 1.61. The van der Waals surface area contributed by atoms with Crippen molar-refractivity contribution >= 4 is 17.2 Å². The van der Waals surface area contributed by atoms with Crippen LogP contribution in [0.2, 0.25) is 0 Å². The number of aryl methyl sites for hydroxylation is 2. The number of methoxy groups -OCH3 is 1. The second kappa shape index (κ2) is 6.60. The van der Waals surface area contributed by atoms with Crippen molar-refractivity contribution in [3.8, 4) is 17.2 Å². The van der Waals surface area contributed by atoms with Crippen LogP contribution in [-0.4, -0.2) is 27.6 Å². The van der Waals surface area contributed by atoms with Gasteiger partial charge in [-0.2, -0.15) is 5.10 Å². The Labute approximate surface area is 155 Å². The smallest absolute Gasteiger partial charge is 0.274 e. The van der Waals surface area contributed by atoms with Crippen molar-refractivity contribution in [3.05, 3.63) is 65.7 Å². The summed E-state index contributed by atoms with van der Waals surface area (Å²) in [5.74, 6) is 1.11. The van der Waals surface area contributed by atoms with Gasteiger partial charge in [0.15, 0.2) is 11.4 Å². The van der Waals surface area contributed by atoms with E-state index >= 15 is 0 Å². The molecule has 0 atom stereocenters. The Bertz CT molecular complexity index is 1130. The molecular weight excluding hydrogens is 344 g/mol. The molecule has 7 heteroatoms. The maximum Gasteiger partial charge on any atom is 0.274 e. The number of hydrogen-bond acceptors (Lipinski definition) is 5. The third kappa shape index (κ3) is 3.15. The topological polar surface area (TPSA) is 81.7 Å². The standard InChI is InChI=1S/C20H18N4O3/c1-12-9-14(26-3)6-7-15(12)22-20(25)17-10-13(2)24-19(21-17)11-16(23-24)18-5-4-8-27-18/h4-11H,1-3H3,(H,22,25). The molecule has 0 aliphatic heterocycles. The number of nitrogens with zero attached hydrogens (tertiary/aromatic N) is 3. The molecule has 4 aromatic rings. The summed E-state index contributed by atoms with van der Waals surface area (Å²) in [4.78, 5) is 17.1. The molecule has 0 fully saturated rings. The fourth-order valence-corrected chi connectivity index (χ4v) is 2.88. The monoisotopic (exact) mass is 362 g/mol. The highest BCUT2D eigenvalue weighted by atomic mass is 16.5. The number of carbonyl (C=O) groups excluding carboxylic acids is 1. The largest absolute Gasteiger partial charge is 0.497 e. The van der Waals surface area contributed by atoms with E-state index in [0.717, 1.165) is 17.0 Å². The Hall–Kier alpha value is -3.61. The van der Waals surface area contributed by atoms with Gasteiger partial charge in [-0.3, -0.25) is 4.79 Å². The van der Waals surface area contributed by atoms with Crippen LogP contribution >= 0.6 is 0 Å². The number of rotatable bonds is 4. The van der Waals surface area contributed by atoms with E-state index in [0.29, 0.717) is 28.5 Å². The lowest BCUT2D eigenvalue weighted by molar-refractivity contribution is 0.102. The molecule has 7 nitrogen and oxygen atoms in total. The Balaban J connectivity index is 1.66. The SMILES string of the molecule is COc1ccc(NC(=O)c2cc(C)n3nc(-c4ccco4)cc3n2)c(C)c1. The molecule has 3 aromatic heterocycles. The first-order chi connectivity index (χ1) is 13.0. The highest BCUT2D eigenvalue weighted by Gasteiger charge is 2.15. The van der Waals surface area contributed by atoms with Crippen LogP contribution in [0, 0.1) is 13.8 Å². The number of nitrogens with one attached hydrogen (secondary N) is 1. The second-order valence-corrected chi connectivity index (χ2v) is 6.19. The fourth-order valence-electron chi connectivity index (χ4n) is 2.88. The lowest BCUT2D eigenvalue weighted by atomic mass is 10.2. The van der Waals surface area contributed by atoms with E-state index in [-0.39, 0.29) is 5.91 Å². The molecule has 4 rings (SSSR count). The molecule has 27 heavy (non-hydrogen) atoms. The number of aromatic nitrogens is 3. The van der Waals surface area contributed by atoms with Gasteiger partial charge in [-0.15, -0.1) is 0 Å². The number of furan rings is 1. The molecule has 0 spiro atoms. The van der Waals surface area contributed by atoms with Crippen LogP contribution in [0.3, 0.4) is 0 Å². The van der Waals surface area contributed by atoms with Crippen molar-refractivity contribution in [2.24, 2.45) is 0 Å². The molecule has 0 radical (unpaired) electrons. The van der Waals surface area contributed by atoms with Crippen molar-refractivity contribution in [1.29, 1.82) is 0 Å². The van der Waals surface area contributed by atoms with Crippen LogP contribution in [0.5, 0.6) is 5.75 Å². The van der Waals surface area contributed by atoms with E-state index in [4.69, 9.17) is 9.15 Å². The van der Waals surface area contributed by atoms with Crippen molar-refractivity contribution in [1.82, 2.24) is 14.6 Å². The van der Waals surface area contributed by atoms with Crippen LogP contribution in [0.1, 0.15) is 21.7 Å². The van der Waals surface area contributed by atoms with Crippen molar-refractivity contribution in [2.45, 2.75) is 13.8 Å². The van der Waals surface area contributed by atoms with Crippen LogP contribution in [0.15, 0.2) is 53.1 Å². The van der Waals surface area contributed by atoms with Crippen molar-refractivity contribution in [3.63, 3.8) is 0 Å². The zero-order chi connectivity index (χ0) is 19.0. The maximum atomic E-state index is 12.7. The van der Waals surface area contributed by atoms with E-state index in [2.05, 4.69) is 15.4 Å². The minimum atomic E-state index is -0.283. The Morgan fingerprint density at radius 2 is 2.04 bits per heavy atom. The molecule has 0 unspecified atom stereocenters. The van der Waals surface area contributed by atoms with Gasteiger partial charge in [0, 0.05) is 17.4 Å². The van der Waals surface area contributed by atoms with Gasteiger partial charge >= 0.3 is 0 Å². The molecule has 0 aliphatic carbocycles. The van der Waals surface area contributed by atoms with Crippen molar-refractivity contribution < 1.29 is 13.9 Å². The first-order valence-corrected chi connectivity index (χ1v) is 8.42. The molecule has 0 bridgehead atoms. The Kier molecular flexibility index (Phi) is 4.12. The summed E-state index contributed by atoms with van der Waals surface area (Å²) in [5, 5.41) is 7.39. The number of amides is 1. The Morgan fingerprint density at radius 1 is 1.19 bits per heavy atom. The fraction of sp³-hybridized carbons (Fsp3) is 0.150. The van der Waals surface area contributed by atoms with Gasteiger partial charge in [-0.1, -0.05) is 0 Å². The second-order valence-electron chi connectivity index (χ2n) is 6.19. The van der Waals surface area contributed by atoms with Crippen LogP contribution in [0.25, 0.3) is 17.1 Å². The summed E-state index contributed by atoms with van der Waals surface area (Å²) in [6.45, 7) is 3.79. The van der Waals surface area contributed by atoms with Crippen LogP contribution < -0.4 is 10.1 Å². The number of anilines is 1. The average Bonchev–Trinajstić information content (AvgIpc) is 3.32. The minimum Gasteiger partial charge on any atom is -0.497 e. The highest BCUT2D eigenvalue weighted by Crippen LogP contribution is 2.23. The number of benzene rings is 1. The molecule has 3 heterocycles. The van der Waals surface area contributed by atoms with Gasteiger partial charge in [-0.25, -0.2) is 9.50 Å². The number of carbonyl (C=O) groups is 1. The van der Waals surface area contributed by atoms with E-state index < -0.39 is 0 Å². The number of fused-ring (bicyclic) bond motifs is 1. The lowest BCUT2D eigenvalue weighted by Crippen LogP contribution is -2.16. The molecule has 1 amide bonds. The van der Waals surface area contributed by atoms with Gasteiger partial charge in [0.05, 0.1) is 13.4 Å². The third-order valence-corrected chi connectivity index (χ3v) is 4.29. The molecule has 0 aliphatic rings. The third-order valence-electron chi connectivity index (χ3n) is 4.29. The summed E-state index contributed by atoms with van der Waals surface area (Å²) < 4.78 is 12.3. The first-order valence-electron chi connectivity index (χ1n) is 8.42. The van der Waals surface area contributed by atoms with Gasteiger partial charge in [-0.05, 0) is 55.8 Å². The molecule has 1 aromatic carbocycles. The predicted octanol–water partition coefficient (Wildman–Crippen LogP) is 3.87. The van der Waals surface area contributed by atoms with E-state index in [1.54, 1.807) is 42.2 Å². The van der Waals surface area contributed by atoms with Gasteiger partial charge in [0.25, 0.3) is 5.91 Å². The van der Waals surface area contributed by atoms with Crippen molar-refractivity contribution in [2.75, 3.05) is 12.4 Å². The summed E-state index contributed by atoms with van der Waals surface area (Å²) in [5.41, 5.74) is 3.99. The predicted molar refractivity (Wildman–Crippen MR) is 101 cm³/mol. The normalized spacial score (nSPS) is 10.9. The van der Waals surface area contributed by atoms with E-state index in [1.807, 2.05) is 32.0 Å². The van der Waals surface area contributed by atoms with Gasteiger partial charge in [0.1, 0.15) is 17.1 Å². The lowest BCUT2D eigenvalue weighted by Gasteiger charge is -2.10. The zero-order valence-corrected chi connectivity index (χ0v) is 15.2. The summed E-state index contributed by atoms with van der Waals surface area (Å²) >= 11 is 0. The maximum absolute atomic E-state index is 12.7. The number of ether oxygens (including phenoxy) is 1. The Morgan fingerprint density at radius 3 is 2.74 bits per heavy atom. The van der Waals surface area contributed by atoms with E-state index in [1.165, 1.54) is 0 Å². The molecule has 1 N–H and O–H groups in total. The average molecular weight is 362 g/mol. The quantitative estimate of drug-likeness (QED) is 0.596. The number of hydrogen-bond donors (Lipinski definition) is 1. The summed E-state index contributed by atoms with van der Waals surface area (Å²) in [6, 6.07) is 12.6. The molecule has 0 saturated carbocycles. The molecule has 0 saturated heterocycles. The summed E-state index contributed by atoms with van der Waals surface area (Å²) in [6.07, 6.45) is 1.59. The highest BCUT2D eigenvalue weighted by molar-refractivity contribution is 6.03. The zero-order valence-electron chi connectivity index (χ0n) is 15.2. The van der Waals surface area contributed by atoms with E-state index in [9.17, 15) is 4.79 Å². The molecular formula is C20H18N4O3. The van der Waals surface area contributed by atoms with Gasteiger partial charge in [0.2, 0.25) is 0 Å².